The molecule has 1 unspecified atom stereocenters. The zero-order valence-electron chi connectivity index (χ0n) is 10.5. The van der Waals surface area contributed by atoms with Gasteiger partial charge in [0.05, 0.1) is 12.7 Å². The van der Waals surface area contributed by atoms with Crippen LogP contribution in [0.15, 0.2) is 47.2 Å². The highest BCUT2D eigenvalue weighted by molar-refractivity contribution is 5.92. The van der Waals surface area contributed by atoms with Gasteiger partial charge in [0.2, 0.25) is 0 Å². The average molecular weight is 244 g/mol. The van der Waals surface area contributed by atoms with E-state index in [0.29, 0.717) is 12.0 Å². The molecule has 0 aliphatic heterocycles. The van der Waals surface area contributed by atoms with Crippen molar-refractivity contribution in [3.8, 4) is 0 Å². The number of carbonyl (C=O) groups is 1. The van der Waals surface area contributed by atoms with Crippen LogP contribution < -0.4 is 0 Å². The Morgan fingerprint density at radius 3 is 2.67 bits per heavy atom. The molecular weight excluding hydrogens is 228 g/mol. The Morgan fingerprint density at radius 2 is 2.06 bits per heavy atom. The molecule has 1 aromatic carbocycles. The van der Waals surface area contributed by atoms with E-state index in [0.717, 1.165) is 11.1 Å². The Hall–Kier alpha value is -2.03. The SMILES string of the molecule is COC(=O)C1=C(O)/C(=C/c2ccccc2)CC1C. The molecule has 0 amide bonds. The summed E-state index contributed by atoms with van der Waals surface area (Å²) in [4.78, 5) is 11.6. The molecule has 0 saturated heterocycles. The minimum Gasteiger partial charge on any atom is -0.507 e. The number of aliphatic hydroxyl groups excluding tert-OH is 1. The molecule has 0 aromatic heterocycles. The molecule has 2 rings (SSSR count). The van der Waals surface area contributed by atoms with Crippen LogP contribution in [0.1, 0.15) is 18.9 Å². The van der Waals surface area contributed by atoms with E-state index in [4.69, 9.17) is 0 Å². The number of aliphatic hydroxyl groups is 1. The van der Waals surface area contributed by atoms with E-state index in [1.807, 2.05) is 43.3 Å². The third-order valence-electron chi connectivity index (χ3n) is 3.12. The first-order valence-electron chi connectivity index (χ1n) is 5.91. The van der Waals surface area contributed by atoms with Gasteiger partial charge in [0.25, 0.3) is 0 Å². The molecule has 0 fully saturated rings. The van der Waals surface area contributed by atoms with Crippen molar-refractivity contribution in [1.82, 2.24) is 0 Å². The van der Waals surface area contributed by atoms with Crippen LogP contribution in [0, 0.1) is 5.92 Å². The summed E-state index contributed by atoms with van der Waals surface area (Å²) >= 11 is 0. The fraction of sp³-hybridized carbons (Fsp3) is 0.267. The van der Waals surface area contributed by atoms with Gasteiger partial charge >= 0.3 is 5.97 Å². The zero-order valence-corrected chi connectivity index (χ0v) is 10.5. The van der Waals surface area contributed by atoms with E-state index in [1.165, 1.54) is 7.11 Å². The van der Waals surface area contributed by atoms with Crippen LogP contribution in [-0.4, -0.2) is 18.2 Å². The Bertz CT molecular complexity index is 512. The molecule has 3 heteroatoms. The van der Waals surface area contributed by atoms with Gasteiger partial charge in [-0.3, -0.25) is 0 Å². The van der Waals surface area contributed by atoms with Gasteiger partial charge in [-0.2, -0.15) is 0 Å². The third-order valence-corrected chi connectivity index (χ3v) is 3.12. The first-order valence-corrected chi connectivity index (χ1v) is 5.91. The van der Waals surface area contributed by atoms with Crippen LogP contribution in [0.4, 0.5) is 0 Å². The molecule has 18 heavy (non-hydrogen) atoms. The van der Waals surface area contributed by atoms with E-state index in [-0.39, 0.29) is 11.7 Å². The highest BCUT2D eigenvalue weighted by atomic mass is 16.5. The zero-order chi connectivity index (χ0) is 13.1. The topological polar surface area (TPSA) is 46.5 Å². The molecule has 1 N–H and O–H groups in total. The van der Waals surface area contributed by atoms with Gasteiger partial charge in [0.1, 0.15) is 5.76 Å². The van der Waals surface area contributed by atoms with Crippen LogP contribution in [0.3, 0.4) is 0 Å². The Kier molecular flexibility index (Phi) is 3.51. The number of allylic oxidation sites excluding steroid dienone is 1. The first kappa shape index (κ1) is 12.4. The van der Waals surface area contributed by atoms with Gasteiger partial charge in [0, 0.05) is 0 Å². The number of rotatable bonds is 2. The van der Waals surface area contributed by atoms with Crippen molar-refractivity contribution in [3.05, 3.63) is 52.8 Å². The lowest BCUT2D eigenvalue weighted by molar-refractivity contribution is -0.136. The minimum atomic E-state index is -0.448. The van der Waals surface area contributed by atoms with E-state index in [9.17, 15) is 9.90 Å². The Labute approximate surface area is 106 Å². The lowest BCUT2D eigenvalue weighted by atomic mass is 10.0. The number of hydrogen-bond donors (Lipinski definition) is 1. The molecule has 0 spiro atoms. The Balaban J connectivity index is 2.35. The molecule has 1 aliphatic carbocycles. The van der Waals surface area contributed by atoms with Crippen molar-refractivity contribution >= 4 is 12.0 Å². The summed E-state index contributed by atoms with van der Waals surface area (Å²) in [7, 11) is 1.33. The number of hydrogen-bond acceptors (Lipinski definition) is 3. The number of ether oxygens (including phenoxy) is 1. The molecule has 0 heterocycles. The molecular formula is C15H16O3. The van der Waals surface area contributed by atoms with Crippen LogP contribution in [-0.2, 0) is 9.53 Å². The van der Waals surface area contributed by atoms with Gasteiger partial charge in [-0.25, -0.2) is 4.79 Å². The summed E-state index contributed by atoms with van der Waals surface area (Å²) in [5.41, 5.74) is 2.17. The van der Waals surface area contributed by atoms with Crippen LogP contribution in [0.5, 0.6) is 0 Å². The summed E-state index contributed by atoms with van der Waals surface area (Å²) in [6, 6.07) is 9.73. The maximum atomic E-state index is 11.6. The van der Waals surface area contributed by atoms with Crippen molar-refractivity contribution < 1.29 is 14.6 Å². The predicted molar refractivity (Wildman–Crippen MR) is 69.9 cm³/mol. The van der Waals surface area contributed by atoms with Crippen LogP contribution >= 0.6 is 0 Å². The Morgan fingerprint density at radius 1 is 1.39 bits per heavy atom. The summed E-state index contributed by atoms with van der Waals surface area (Å²) in [5.74, 6) is -0.387. The molecule has 1 aromatic rings. The van der Waals surface area contributed by atoms with Gasteiger partial charge in [-0.05, 0) is 29.6 Å². The highest BCUT2D eigenvalue weighted by Crippen LogP contribution is 2.36. The molecule has 0 saturated carbocycles. The lowest BCUT2D eigenvalue weighted by Gasteiger charge is -2.04. The summed E-state index contributed by atoms with van der Waals surface area (Å²) in [6.45, 7) is 1.91. The monoisotopic (exact) mass is 244 g/mol. The standard InChI is InChI=1S/C15H16O3/c1-10-8-12(9-11-6-4-3-5-7-11)14(16)13(10)15(17)18-2/h3-7,9-10,16H,8H2,1-2H3/b12-9+. The molecule has 1 aliphatic rings. The molecule has 3 nitrogen and oxygen atoms in total. The fourth-order valence-corrected chi connectivity index (χ4v) is 2.22. The number of esters is 1. The summed E-state index contributed by atoms with van der Waals surface area (Å²) < 4.78 is 4.69. The molecule has 1 atom stereocenters. The third kappa shape index (κ3) is 2.30. The summed E-state index contributed by atoms with van der Waals surface area (Å²) in [5, 5.41) is 10.1. The summed E-state index contributed by atoms with van der Waals surface area (Å²) in [6.07, 6.45) is 2.56. The number of carbonyl (C=O) groups excluding carboxylic acids is 1. The quantitative estimate of drug-likeness (QED) is 0.813. The van der Waals surface area contributed by atoms with Gasteiger partial charge in [0.15, 0.2) is 0 Å². The van der Waals surface area contributed by atoms with Crippen LogP contribution in [0.25, 0.3) is 6.08 Å². The fourth-order valence-electron chi connectivity index (χ4n) is 2.22. The highest BCUT2D eigenvalue weighted by Gasteiger charge is 2.31. The maximum Gasteiger partial charge on any atom is 0.337 e. The van der Waals surface area contributed by atoms with Gasteiger partial charge in [-0.15, -0.1) is 0 Å². The van der Waals surface area contributed by atoms with Gasteiger partial charge < -0.3 is 9.84 Å². The predicted octanol–water partition coefficient (Wildman–Crippen LogP) is 3.09. The second-order valence-electron chi connectivity index (χ2n) is 4.44. The van der Waals surface area contributed by atoms with Crippen molar-refractivity contribution in [2.75, 3.05) is 7.11 Å². The number of methoxy groups -OCH3 is 1. The average Bonchev–Trinajstić information content (AvgIpc) is 2.65. The van der Waals surface area contributed by atoms with E-state index < -0.39 is 5.97 Å². The first-order chi connectivity index (χ1) is 8.63. The smallest absolute Gasteiger partial charge is 0.337 e. The van der Waals surface area contributed by atoms with Gasteiger partial charge in [-0.1, -0.05) is 37.3 Å². The minimum absolute atomic E-state index is 0.00703. The largest absolute Gasteiger partial charge is 0.507 e. The van der Waals surface area contributed by atoms with E-state index in [2.05, 4.69) is 4.74 Å². The molecule has 0 radical (unpaired) electrons. The second-order valence-corrected chi connectivity index (χ2v) is 4.44. The second kappa shape index (κ2) is 5.08. The lowest BCUT2D eigenvalue weighted by Crippen LogP contribution is -2.09. The molecule has 94 valence electrons. The van der Waals surface area contributed by atoms with E-state index in [1.54, 1.807) is 0 Å². The van der Waals surface area contributed by atoms with Crippen molar-refractivity contribution in [1.29, 1.82) is 0 Å². The normalized spacial score (nSPS) is 21.4. The van der Waals surface area contributed by atoms with Crippen molar-refractivity contribution in [2.24, 2.45) is 5.92 Å². The maximum absolute atomic E-state index is 11.6. The molecule has 0 bridgehead atoms. The number of benzene rings is 1. The van der Waals surface area contributed by atoms with E-state index >= 15 is 0 Å². The van der Waals surface area contributed by atoms with Crippen molar-refractivity contribution in [3.63, 3.8) is 0 Å². The van der Waals surface area contributed by atoms with Crippen molar-refractivity contribution in [2.45, 2.75) is 13.3 Å². The van der Waals surface area contributed by atoms with Crippen LogP contribution in [0.2, 0.25) is 0 Å².